The Morgan fingerprint density at radius 3 is 2.68 bits per heavy atom. The normalized spacial score (nSPS) is 21.5. The van der Waals surface area contributed by atoms with E-state index in [4.69, 9.17) is 0 Å². The minimum Gasteiger partial charge on any atom is -0.390 e. The van der Waals surface area contributed by atoms with Gasteiger partial charge in [-0.2, -0.15) is 4.31 Å². The Balaban J connectivity index is 1.59. The van der Waals surface area contributed by atoms with Gasteiger partial charge in [-0.15, -0.1) is 0 Å². The van der Waals surface area contributed by atoms with Crippen molar-refractivity contribution < 1.29 is 13.5 Å². The van der Waals surface area contributed by atoms with Gasteiger partial charge in [0.15, 0.2) is 0 Å². The summed E-state index contributed by atoms with van der Waals surface area (Å²) < 4.78 is 26.6. The van der Waals surface area contributed by atoms with Crippen LogP contribution in [-0.4, -0.2) is 54.6 Å². The van der Waals surface area contributed by atoms with Gasteiger partial charge >= 0.3 is 0 Å². The number of benzene rings is 1. The molecule has 1 saturated heterocycles. The number of sulfonamides is 1. The van der Waals surface area contributed by atoms with Gasteiger partial charge in [0.25, 0.3) is 0 Å². The van der Waals surface area contributed by atoms with Crippen molar-refractivity contribution >= 4 is 10.0 Å². The number of aryl methyl sites for hydroxylation is 1. The summed E-state index contributed by atoms with van der Waals surface area (Å²) in [5.41, 5.74) is 2.14. The molecule has 1 aromatic heterocycles. The Bertz CT molecular complexity index is 811. The molecule has 6 nitrogen and oxygen atoms in total. The molecule has 0 bridgehead atoms. The summed E-state index contributed by atoms with van der Waals surface area (Å²) in [6, 6.07) is 12.0. The topological polar surface area (TPSA) is 82.5 Å². The number of aliphatic hydroxyl groups is 1. The fraction of sp³-hybridized carbons (Fsp3) is 0.389. The quantitative estimate of drug-likeness (QED) is 0.801. The standard InChI is InChI=1S/C18H23N3O3S/c1-14-6-5-10-19-16(14)9-11-20-17-12-21(13-18(17)22)25(23,24)15-7-3-2-4-8-15/h2-8,10,17-18,20,22H,9,11-13H2,1H3/t17-,18-/m1/s1. The minimum absolute atomic E-state index is 0.109. The Kier molecular flexibility index (Phi) is 5.48. The van der Waals surface area contributed by atoms with E-state index in [0.717, 1.165) is 17.7 Å². The molecule has 134 valence electrons. The summed E-state index contributed by atoms with van der Waals surface area (Å²) in [4.78, 5) is 4.60. The Morgan fingerprint density at radius 1 is 1.20 bits per heavy atom. The predicted molar refractivity (Wildman–Crippen MR) is 95.7 cm³/mol. The van der Waals surface area contributed by atoms with Gasteiger partial charge < -0.3 is 10.4 Å². The van der Waals surface area contributed by atoms with Gasteiger partial charge in [-0.1, -0.05) is 24.3 Å². The lowest BCUT2D eigenvalue weighted by atomic mass is 10.1. The summed E-state index contributed by atoms with van der Waals surface area (Å²) in [5, 5.41) is 13.5. The number of hydrogen-bond donors (Lipinski definition) is 2. The van der Waals surface area contributed by atoms with E-state index in [1.165, 1.54) is 4.31 Å². The zero-order valence-electron chi connectivity index (χ0n) is 14.2. The van der Waals surface area contributed by atoms with Crippen LogP contribution in [-0.2, 0) is 16.4 Å². The number of β-amino-alcohol motifs (C(OH)–C–C–N with tert-alkyl or cyclic N) is 1. The molecule has 0 unspecified atom stereocenters. The molecule has 0 radical (unpaired) electrons. The van der Waals surface area contributed by atoms with Gasteiger partial charge in [0, 0.05) is 44.0 Å². The number of aromatic nitrogens is 1. The van der Waals surface area contributed by atoms with E-state index < -0.39 is 16.1 Å². The highest BCUT2D eigenvalue weighted by molar-refractivity contribution is 7.89. The molecule has 0 saturated carbocycles. The van der Waals surface area contributed by atoms with E-state index in [9.17, 15) is 13.5 Å². The van der Waals surface area contributed by atoms with Crippen LogP contribution in [0.4, 0.5) is 0 Å². The average molecular weight is 361 g/mol. The Labute approximate surface area is 148 Å². The van der Waals surface area contributed by atoms with E-state index in [0.29, 0.717) is 6.54 Å². The second kappa shape index (κ2) is 7.61. The Morgan fingerprint density at radius 2 is 1.96 bits per heavy atom. The highest BCUT2D eigenvalue weighted by atomic mass is 32.2. The monoisotopic (exact) mass is 361 g/mol. The van der Waals surface area contributed by atoms with Gasteiger partial charge in [0.1, 0.15) is 0 Å². The van der Waals surface area contributed by atoms with Crippen LogP contribution in [0.5, 0.6) is 0 Å². The lowest BCUT2D eigenvalue weighted by Crippen LogP contribution is -2.40. The lowest BCUT2D eigenvalue weighted by Gasteiger charge is -2.17. The van der Waals surface area contributed by atoms with Crippen LogP contribution in [0.3, 0.4) is 0 Å². The highest BCUT2D eigenvalue weighted by Crippen LogP contribution is 2.21. The molecule has 1 aliphatic rings. The summed E-state index contributed by atoms with van der Waals surface area (Å²) >= 11 is 0. The fourth-order valence-corrected chi connectivity index (χ4v) is 4.55. The molecule has 0 spiro atoms. The van der Waals surface area contributed by atoms with Crippen molar-refractivity contribution in [2.45, 2.75) is 30.4 Å². The van der Waals surface area contributed by atoms with Crippen molar-refractivity contribution in [3.63, 3.8) is 0 Å². The van der Waals surface area contributed by atoms with Gasteiger partial charge in [-0.05, 0) is 30.7 Å². The molecule has 2 atom stereocenters. The van der Waals surface area contributed by atoms with Crippen molar-refractivity contribution in [3.05, 3.63) is 59.9 Å². The molecule has 25 heavy (non-hydrogen) atoms. The number of aliphatic hydroxyl groups excluding tert-OH is 1. The van der Waals surface area contributed by atoms with Crippen molar-refractivity contribution in [2.24, 2.45) is 0 Å². The molecule has 2 N–H and O–H groups in total. The zero-order valence-corrected chi connectivity index (χ0v) is 15.0. The van der Waals surface area contributed by atoms with Crippen LogP contribution in [0.15, 0.2) is 53.6 Å². The summed E-state index contributed by atoms with van der Waals surface area (Å²) in [6.45, 7) is 3.02. The molecule has 1 fully saturated rings. The number of nitrogens with one attached hydrogen (secondary N) is 1. The zero-order chi connectivity index (χ0) is 17.9. The molecule has 2 aromatic rings. The first-order valence-corrected chi connectivity index (χ1v) is 9.79. The van der Waals surface area contributed by atoms with Crippen molar-refractivity contribution in [3.8, 4) is 0 Å². The smallest absolute Gasteiger partial charge is 0.243 e. The lowest BCUT2D eigenvalue weighted by molar-refractivity contribution is 0.160. The first-order chi connectivity index (χ1) is 12.0. The van der Waals surface area contributed by atoms with Gasteiger partial charge in [-0.25, -0.2) is 8.42 Å². The van der Waals surface area contributed by atoms with Crippen LogP contribution in [0.2, 0.25) is 0 Å². The van der Waals surface area contributed by atoms with E-state index >= 15 is 0 Å². The third kappa shape index (κ3) is 4.07. The SMILES string of the molecule is Cc1cccnc1CCN[C@@H]1CN(S(=O)(=O)c2ccccc2)C[C@H]1O. The molecule has 1 aromatic carbocycles. The third-order valence-electron chi connectivity index (χ3n) is 4.52. The molecule has 0 amide bonds. The van der Waals surface area contributed by atoms with Gasteiger partial charge in [0.2, 0.25) is 10.0 Å². The predicted octanol–water partition coefficient (Wildman–Crippen LogP) is 0.956. The summed E-state index contributed by atoms with van der Waals surface area (Å²) in [5.74, 6) is 0. The molecule has 3 rings (SSSR count). The third-order valence-corrected chi connectivity index (χ3v) is 6.37. The average Bonchev–Trinajstić information content (AvgIpc) is 2.99. The van der Waals surface area contributed by atoms with Crippen molar-refractivity contribution in [1.82, 2.24) is 14.6 Å². The van der Waals surface area contributed by atoms with Gasteiger partial charge in [-0.3, -0.25) is 4.98 Å². The summed E-state index contributed by atoms with van der Waals surface area (Å²) in [6.07, 6.45) is 1.78. The second-order valence-corrected chi connectivity index (χ2v) is 8.22. The fourth-order valence-electron chi connectivity index (χ4n) is 3.05. The van der Waals surface area contributed by atoms with E-state index in [2.05, 4.69) is 10.3 Å². The van der Waals surface area contributed by atoms with E-state index in [-0.39, 0.29) is 24.0 Å². The van der Waals surface area contributed by atoms with E-state index in [1.54, 1.807) is 36.5 Å². The maximum absolute atomic E-state index is 12.6. The molecule has 0 aliphatic carbocycles. The van der Waals surface area contributed by atoms with Crippen LogP contribution < -0.4 is 5.32 Å². The molecule has 2 heterocycles. The molecule has 1 aliphatic heterocycles. The highest BCUT2D eigenvalue weighted by Gasteiger charge is 2.38. The first-order valence-electron chi connectivity index (χ1n) is 8.35. The van der Waals surface area contributed by atoms with Crippen molar-refractivity contribution in [1.29, 1.82) is 0 Å². The number of hydrogen-bond acceptors (Lipinski definition) is 5. The van der Waals surface area contributed by atoms with Gasteiger partial charge in [0.05, 0.1) is 11.0 Å². The summed E-state index contributed by atoms with van der Waals surface area (Å²) in [7, 11) is -3.57. The van der Waals surface area contributed by atoms with Crippen LogP contribution in [0.25, 0.3) is 0 Å². The van der Waals surface area contributed by atoms with E-state index in [1.807, 2.05) is 19.1 Å². The number of pyridine rings is 1. The molecular weight excluding hydrogens is 338 g/mol. The number of nitrogens with zero attached hydrogens (tertiary/aromatic N) is 2. The first kappa shape index (κ1) is 18.0. The largest absolute Gasteiger partial charge is 0.390 e. The number of rotatable bonds is 6. The minimum atomic E-state index is -3.57. The van der Waals surface area contributed by atoms with Crippen molar-refractivity contribution in [2.75, 3.05) is 19.6 Å². The van der Waals surface area contributed by atoms with Crippen LogP contribution in [0, 0.1) is 6.92 Å². The second-order valence-electron chi connectivity index (χ2n) is 6.28. The maximum Gasteiger partial charge on any atom is 0.243 e. The molecule has 7 heteroatoms. The molecular formula is C18H23N3O3S. The van der Waals surface area contributed by atoms with Crippen LogP contribution in [0.1, 0.15) is 11.3 Å². The maximum atomic E-state index is 12.6. The Hall–Kier alpha value is -1.80. The van der Waals surface area contributed by atoms with Crippen LogP contribution >= 0.6 is 0 Å².